The molecule has 2 nitrogen and oxygen atoms in total. The SMILES string of the molecule is NC(=S)c1ccccc1C=CC=O. The second kappa shape index (κ2) is 4.52. The summed E-state index contributed by atoms with van der Waals surface area (Å²) in [7, 11) is 0. The molecule has 0 heterocycles. The molecule has 13 heavy (non-hydrogen) atoms. The van der Waals surface area contributed by atoms with Gasteiger partial charge in [-0.2, -0.15) is 0 Å². The molecule has 0 unspecified atom stereocenters. The minimum atomic E-state index is 0.339. The van der Waals surface area contributed by atoms with Crippen LogP contribution in [0.25, 0.3) is 6.08 Å². The lowest BCUT2D eigenvalue weighted by Crippen LogP contribution is -2.10. The zero-order chi connectivity index (χ0) is 9.68. The molecule has 0 atom stereocenters. The lowest BCUT2D eigenvalue weighted by atomic mass is 10.1. The number of aldehydes is 1. The molecule has 0 aliphatic rings. The molecule has 0 bridgehead atoms. The number of carbonyl (C=O) groups is 1. The Morgan fingerprint density at radius 2 is 2.08 bits per heavy atom. The summed E-state index contributed by atoms with van der Waals surface area (Å²) < 4.78 is 0. The summed E-state index contributed by atoms with van der Waals surface area (Å²) in [5.74, 6) is 0. The minimum absolute atomic E-state index is 0.339. The molecule has 0 aliphatic heterocycles. The van der Waals surface area contributed by atoms with Crippen molar-refractivity contribution in [2.45, 2.75) is 0 Å². The Hall–Kier alpha value is -1.48. The molecule has 1 aromatic carbocycles. The van der Waals surface area contributed by atoms with Gasteiger partial charge in [0.05, 0.1) is 0 Å². The summed E-state index contributed by atoms with van der Waals surface area (Å²) in [4.78, 5) is 10.4. The standard InChI is InChI=1S/C10H9NOS/c11-10(13)9-6-2-1-4-8(9)5-3-7-12/h1-7H,(H2,11,13). The number of benzene rings is 1. The third-order valence-corrected chi connectivity index (χ3v) is 1.80. The topological polar surface area (TPSA) is 43.1 Å². The van der Waals surface area contributed by atoms with Crippen LogP contribution >= 0.6 is 12.2 Å². The second-order valence-corrected chi connectivity index (χ2v) is 2.89. The van der Waals surface area contributed by atoms with E-state index in [9.17, 15) is 4.79 Å². The van der Waals surface area contributed by atoms with Crippen molar-refractivity contribution in [1.82, 2.24) is 0 Å². The Labute approximate surface area is 82.1 Å². The summed E-state index contributed by atoms with van der Waals surface area (Å²) >= 11 is 4.86. The number of nitrogens with two attached hydrogens (primary N) is 1. The summed E-state index contributed by atoms with van der Waals surface area (Å²) in [5.41, 5.74) is 7.15. The van der Waals surface area contributed by atoms with Crippen molar-refractivity contribution in [3.8, 4) is 0 Å². The van der Waals surface area contributed by atoms with Gasteiger partial charge in [-0.05, 0) is 11.6 Å². The highest BCUT2D eigenvalue weighted by Gasteiger charge is 1.99. The van der Waals surface area contributed by atoms with E-state index in [1.807, 2.05) is 24.3 Å². The smallest absolute Gasteiger partial charge is 0.142 e. The quantitative estimate of drug-likeness (QED) is 0.447. The zero-order valence-electron chi connectivity index (χ0n) is 6.94. The molecule has 1 rings (SSSR count). The molecule has 0 saturated heterocycles. The van der Waals surface area contributed by atoms with E-state index in [2.05, 4.69) is 0 Å². The van der Waals surface area contributed by atoms with E-state index in [1.165, 1.54) is 6.08 Å². The van der Waals surface area contributed by atoms with Crippen molar-refractivity contribution < 1.29 is 4.79 Å². The first-order valence-corrected chi connectivity index (χ1v) is 4.17. The first-order valence-electron chi connectivity index (χ1n) is 3.76. The third kappa shape index (κ3) is 2.49. The van der Waals surface area contributed by atoms with Gasteiger partial charge in [-0.3, -0.25) is 4.79 Å². The Bertz CT molecular complexity index is 358. The lowest BCUT2D eigenvalue weighted by molar-refractivity contribution is -0.104. The number of thiocarbonyl (C=S) groups is 1. The van der Waals surface area contributed by atoms with Crippen LogP contribution in [0.3, 0.4) is 0 Å². The van der Waals surface area contributed by atoms with Gasteiger partial charge in [0.1, 0.15) is 11.3 Å². The van der Waals surface area contributed by atoms with Crippen LogP contribution in [0.5, 0.6) is 0 Å². The highest BCUT2D eigenvalue weighted by molar-refractivity contribution is 7.80. The van der Waals surface area contributed by atoms with Gasteiger partial charge in [0.25, 0.3) is 0 Å². The molecule has 3 heteroatoms. The molecule has 2 N–H and O–H groups in total. The van der Waals surface area contributed by atoms with Crippen LogP contribution in [0.15, 0.2) is 30.3 Å². The normalized spacial score (nSPS) is 10.2. The van der Waals surface area contributed by atoms with E-state index in [4.69, 9.17) is 18.0 Å². The fraction of sp³-hybridized carbons (Fsp3) is 0. The maximum atomic E-state index is 10.1. The molecule has 0 saturated carbocycles. The zero-order valence-corrected chi connectivity index (χ0v) is 7.75. The summed E-state index contributed by atoms with van der Waals surface area (Å²) in [6, 6.07) is 7.40. The second-order valence-electron chi connectivity index (χ2n) is 2.45. The van der Waals surface area contributed by atoms with E-state index >= 15 is 0 Å². The fourth-order valence-electron chi connectivity index (χ4n) is 1.01. The van der Waals surface area contributed by atoms with Crippen LogP contribution in [0, 0.1) is 0 Å². The molecule has 66 valence electrons. The van der Waals surface area contributed by atoms with Crippen molar-refractivity contribution in [3.63, 3.8) is 0 Å². The van der Waals surface area contributed by atoms with E-state index < -0.39 is 0 Å². The monoisotopic (exact) mass is 191 g/mol. The van der Waals surface area contributed by atoms with Crippen LogP contribution < -0.4 is 5.73 Å². The lowest BCUT2D eigenvalue weighted by Gasteiger charge is -2.01. The fourth-order valence-corrected chi connectivity index (χ4v) is 1.20. The number of rotatable bonds is 3. The Morgan fingerprint density at radius 1 is 1.38 bits per heavy atom. The van der Waals surface area contributed by atoms with E-state index in [0.717, 1.165) is 17.4 Å². The summed E-state index contributed by atoms with van der Waals surface area (Å²) in [5, 5.41) is 0. The van der Waals surface area contributed by atoms with E-state index in [0.29, 0.717) is 4.99 Å². The number of hydrogen-bond donors (Lipinski definition) is 1. The average Bonchev–Trinajstić information content (AvgIpc) is 2.15. The van der Waals surface area contributed by atoms with Gasteiger partial charge < -0.3 is 5.73 Å². The molecular formula is C10H9NOS. The number of allylic oxidation sites excluding steroid dienone is 1. The largest absolute Gasteiger partial charge is 0.389 e. The summed E-state index contributed by atoms with van der Waals surface area (Å²) in [6.45, 7) is 0. The first-order chi connectivity index (χ1) is 6.25. The Kier molecular flexibility index (Phi) is 3.34. The molecule has 1 aromatic rings. The first kappa shape index (κ1) is 9.61. The minimum Gasteiger partial charge on any atom is -0.389 e. The van der Waals surface area contributed by atoms with Crippen molar-refractivity contribution in [1.29, 1.82) is 0 Å². The average molecular weight is 191 g/mol. The molecule has 0 spiro atoms. The molecule has 0 fully saturated rings. The van der Waals surface area contributed by atoms with E-state index in [1.54, 1.807) is 6.08 Å². The van der Waals surface area contributed by atoms with Crippen molar-refractivity contribution >= 4 is 29.6 Å². The predicted octanol–water partition coefficient (Wildman–Crippen LogP) is 1.53. The molecule has 0 aromatic heterocycles. The predicted molar refractivity (Wildman–Crippen MR) is 57.4 cm³/mol. The molecule has 0 aliphatic carbocycles. The van der Waals surface area contributed by atoms with Gasteiger partial charge in [0.2, 0.25) is 0 Å². The number of carbonyl (C=O) groups excluding carboxylic acids is 1. The maximum absolute atomic E-state index is 10.1. The highest BCUT2D eigenvalue weighted by Crippen LogP contribution is 2.09. The van der Waals surface area contributed by atoms with Gasteiger partial charge in [0, 0.05) is 5.56 Å². The summed E-state index contributed by atoms with van der Waals surface area (Å²) in [6.07, 6.45) is 3.81. The molecule has 0 amide bonds. The van der Waals surface area contributed by atoms with Crippen LogP contribution in [0.4, 0.5) is 0 Å². The maximum Gasteiger partial charge on any atom is 0.142 e. The van der Waals surface area contributed by atoms with Gasteiger partial charge in [-0.25, -0.2) is 0 Å². The molecule has 0 radical (unpaired) electrons. The number of hydrogen-bond acceptors (Lipinski definition) is 2. The van der Waals surface area contributed by atoms with Crippen LogP contribution in [-0.2, 0) is 4.79 Å². The third-order valence-electron chi connectivity index (χ3n) is 1.58. The van der Waals surface area contributed by atoms with Gasteiger partial charge >= 0.3 is 0 Å². The van der Waals surface area contributed by atoms with Crippen molar-refractivity contribution in [3.05, 3.63) is 41.5 Å². The van der Waals surface area contributed by atoms with Crippen molar-refractivity contribution in [2.75, 3.05) is 0 Å². The van der Waals surface area contributed by atoms with Crippen molar-refractivity contribution in [2.24, 2.45) is 5.73 Å². The van der Waals surface area contributed by atoms with Gasteiger partial charge in [-0.15, -0.1) is 0 Å². The molecular weight excluding hydrogens is 182 g/mol. The Balaban J connectivity index is 3.11. The highest BCUT2D eigenvalue weighted by atomic mass is 32.1. The van der Waals surface area contributed by atoms with Crippen LogP contribution in [0.2, 0.25) is 0 Å². The van der Waals surface area contributed by atoms with Crippen LogP contribution in [0.1, 0.15) is 11.1 Å². The van der Waals surface area contributed by atoms with E-state index in [-0.39, 0.29) is 0 Å². The Morgan fingerprint density at radius 3 is 2.69 bits per heavy atom. The van der Waals surface area contributed by atoms with Crippen LogP contribution in [-0.4, -0.2) is 11.3 Å². The van der Waals surface area contributed by atoms with Gasteiger partial charge in [-0.1, -0.05) is 42.6 Å². The van der Waals surface area contributed by atoms with Gasteiger partial charge in [0.15, 0.2) is 0 Å².